The highest BCUT2D eigenvalue weighted by atomic mass is 32.1. The van der Waals surface area contributed by atoms with Gasteiger partial charge in [0.05, 0.1) is 10.4 Å². The predicted octanol–water partition coefficient (Wildman–Crippen LogP) is 1.88. The van der Waals surface area contributed by atoms with Crippen molar-refractivity contribution in [3.63, 3.8) is 0 Å². The summed E-state index contributed by atoms with van der Waals surface area (Å²) in [7, 11) is 5.83. The van der Waals surface area contributed by atoms with E-state index in [4.69, 9.17) is 18.0 Å². The van der Waals surface area contributed by atoms with Crippen molar-refractivity contribution in [1.82, 2.24) is 9.80 Å². The quantitative estimate of drug-likeness (QED) is 0.658. The summed E-state index contributed by atoms with van der Waals surface area (Å²) in [4.78, 5) is 16.9. The Morgan fingerprint density at radius 2 is 1.58 bits per heavy atom. The van der Waals surface area contributed by atoms with E-state index in [-0.39, 0.29) is 5.91 Å². The third kappa shape index (κ3) is 5.07. The second-order valence-electron chi connectivity index (χ2n) is 5.48. The molecule has 2 N–H and O–H groups in total. The van der Waals surface area contributed by atoms with Gasteiger partial charge >= 0.3 is 0 Å². The third-order valence-corrected chi connectivity index (χ3v) is 3.85. The molecule has 0 spiro atoms. The zero-order valence-electron chi connectivity index (χ0n) is 13.0. The van der Waals surface area contributed by atoms with Gasteiger partial charge in [0.2, 0.25) is 5.91 Å². The molecule has 0 aromatic carbocycles. The van der Waals surface area contributed by atoms with Gasteiger partial charge in [-0.1, -0.05) is 38.9 Å². The molecule has 1 amide bonds. The standard InChI is InChI=1S/C14H29N3OS/c1-6-8-14(9-7-2,12(15)19)13(18)17(5)11-10-16(3)4/h6-11H2,1-5H3,(H2,15,19). The molecular formula is C14H29N3OS. The minimum absolute atomic E-state index is 0.0746. The lowest BCUT2D eigenvalue weighted by Gasteiger charge is -2.35. The Morgan fingerprint density at radius 1 is 1.11 bits per heavy atom. The fourth-order valence-electron chi connectivity index (χ4n) is 2.36. The average molecular weight is 287 g/mol. The Hall–Kier alpha value is -0.680. The number of nitrogens with two attached hydrogens (primary N) is 1. The summed E-state index contributed by atoms with van der Waals surface area (Å²) in [5, 5.41) is 0. The molecule has 0 heterocycles. The van der Waals surface area contributed by atoms with Crippen LogP contribution in [0.4, 0.5) is 0 Å². The molecule has 0 unspecified atom stereocenters. The Labute approximate surface area is 123 Å². The van der Waals surface area contributed by atoms with Gasteiger partial charge in [0.15, 0.2) is 0 Å². The summed E-state index contributed by atoms with van der Waals surface area (Å²) in [6, 6.07) is 0. The van der Waals surface area contributed by atoms with Gasteiger partial charge in [-0.15, -0.1) is 0 Å². The smallest absolute Gasteiger partial charge is 0.235 e. The first kappa shape index (κ1) is 18.3. The molecule has 0 fully saturated rings. The summed E-state index contributed by atoms with van der Waals surface area (Å²) >= 11 is 5.21. The maximum atomic E-state index is 12.7. The number of hydrogen-bond donors (Lipinski definition) is 1. The number of likely N-dealkylation sites (N-methyl/N-ethyl adjacent to an activating group) is 2. The molecule has 19 heavy (non-hydrogen) atoms. The van der Waals surface area contributed by atoms with E-state index in [1.807, 2.05) is 21.1 Å². The van der Waals surface area contributed by atoms with Crippen LogP contribution in [0.2, 0.25) is 0 Å². The number of thiocarbonyl (C=S) groups is 1. The van der Waals surface area contributed by atoms with E-state index in [1.54, 1.807) is 4.90 Å². The molecule has 0 aliphatic heterocycles. The van der Waals surface area contributed by atoms with E-state index in [9.17, 15) is 4.79 Å². The van der Waals surface area contributed by atoms with Crippen LogP contribution < -0.4 is 5.73 Å². The number of carbonyl (C=O) groups excluding carboxylic acids is 1. The maximum Gasteiger partial charge on any atom is 0.235 e. The largest absolute Gasteiger partial charge is 0.392 e. The zero-order chi connectivity index (χ0) is 15.1. The molecule has 0 rings (SSSR count). The van der Waals surface area contributed by atoms with Crippen molar-refractivity contribution in [3.8, 4) is 0 Å². The van der Waals surface area contributed by atoms with Crippen LogP contribution in [0.15, 0.2) is 0 Å². The highest BCUT2D eigenvalue weighted by Gasteiger charge is 2.41. The molecule has 0 atom stereocenters. The van der Waals surface area contributed by atoms with Crippen LogP contribution in [0.1, 0.15) is 39.5 Å². The van der Waals surface area contributed by atoms with Crippen molar-refractivity contribution in [2.24, 2.45) is 11.1 Å². The highest BCUT2D eigenvalue weighted by Crippen LogP contribution is 2.32. The summed E-state index contributed by atoms with van der Waals surface area (Å²) in [5.74, 6) is 0.0746. The summed E-state index contributed by atoms with van der Waals surface area (Å²) in [6.07, 6.45) is 3.29. The van der Waals surface area contributed by atoms with Crippen LogP contribution in [-0.2, 0) is 4.79 Å². The van der Waals surface area contributed by atoms with Crippen LogP contribution >= 0.6 is 12.2 Å². The first-order chi connectivity index (χ1) is 8.81. The first-order valence-corrected chi connectivity index (χ1v) is 7.42. The molecule has 0 aliphatic carbocycles. The Balaban J connectivity index is 5.02. The highest BCUT2D eigenvalue weighted by molar-refractivity contribution is 7.80. The van der Waals surface area contributed by atoms with Crippen molar-refractivity contribution < 1.29 is 4.79 Å². The second kappa shape index (κ2) is 8.48. The van der Waals surface area contributed by atoms with Crippen LogP contribution in [0.5, 0.6) is 0 Å². The van der Waals surface area contributed by atoms with Gasteiger partial charge in [-0.3, -0.25) is 4.79 Å². The lowest BCUT2D eigenvalue weighted by molar-refractivity contribution is -0.137. The molecule has 4 nitrogen and oxygen atoms in total. The van der Waals surface area contributed by atoms with Crippen molar-refractivity contribution in [2.45, 2.75) is 39.5 Å². The van der Waals surface area contributed by atoms with E-state index < -0.39 is 5.41 Å². The fraction of sp³-hybridized carbons (Fsp3) is 0.857. The lowest BCUT2D eigenvalue weighted by Crippen LogP contribution is -2.50. The number of amides is 1. The van der Waals surface area contributed by atoms with Crippen molar-refractivity contribution in [3.05, 3.63) is 0 Å². The molecular weight excluding hydrogens is 258 g/mol. The summed E-state index contributed by atoms with van der Waals surface area (Å²) in [5.41, 5.74) is 5.26. The van der Waals surface area contributed by atoms with E-state index in [0.29, 0.717) is 11.5 Å². The van der Waals surface area contributed by atoms with Gasteiger partial charge in [0.1, 0.15) is 0 Å². The topological polar surface area (TPSA) is 49.6 Å². The van der Waals surface area contributed by atoms with Crippen molar-refractivity contribution in [1.29, 1.82) is 0 Å². The molecule has 0 radical (unpaired) electrons. The maximum absolute atomic E-state index is 12.7. The predicted molar refractivity (Wildman–Crippen MR) is 85.2 cm³/mol. The minimum Gasteiger partial charge on any atom is -0.392 e. The van der Waals surface area contributed by atoms with E-state index in [2.05, 4.69) is 18.7 Å². The molecule has 5 heteroatoms. The Bertz CT molecular complexity index is 299. The molecule has 0 aliphatic rings. The van der Waals surface area contributed by atoms with Crippen LogP contribution in [0.3, 0.4) is 0 Å². The van der Waals surface area contributed by atoms with Gasteiger partial charge in [-0.05, 0) is 26.9 Å². The number of hydrogen-bond acceptors (Lipinski definition) is 3. The van der Waals surface area contributed by atoms with Crippen LogP contribution in [-0.4, -0.2) is 54.9 Å². The van der Waals surface area contributed by atoms with E-state index in [0.717, 1.165) is 32.2 Å². The molecule has 0 bridgehead atoms. The SMILES string of the molecule is CCCC(CCC)(C(=O)N(C)CCN(C)C)C(N)=S. The van der Waals surface area contributed by atoms with E-state index >= 15 is 0 Å². The van der Waals surface area contributed by atoms with Gasteiger partial charge < -0.3 is 15.5 Å². The number of carbonyl (C=O) groups is 1. The molecule has 0 saturated carbocycles. The number of nitrogens with zero attached hydrogens (tertiary/aromatic N) is 2. The zero-order valence-corrected chi connectivity index (χ0v) is 13.8. The van der Waals surface area contributed by atoms with Gasteiger partial charge in [0, 0.05) is 20.1 Å². The minimum atomic E-state index is -0.653. The first-order valence-electron chi connectivity index (χ1n) is 7.02. The molecule has 0 aromatic rings. The average Bonchev–Trinajstić information content (AvgIpc) is 2.34. The Kier molecular flexibility index (Phi) is 8.18. The van der Waals surface area contributed by atoms with Gasteiger partial charge in [-0.2, -0.15) is 0 Å². The van der Waals surface area contributed by atoms with Crippen LogP contribution in [0, 0.1) is 5.41 Å². The second-order valence-corrected chi connectivity index (χ2v) is 5.92. The molecule has 0 aromatic heterocycles. The lowest BCUT2D eigenvalue weighted by atomic mass is 9.77. The Morgan fingerprint density at radius 3 is 1.89 bits per heavy atom. The molecule has 112 valence electrons. The van der Waals surface area contributed by atoms with Gasteiger partial charge in [-0.25, -0.2) is 0 Å². The van der Waals surface area contributed by atoms with Crippen molar-refractivity contribution >= 4 is 23.1 Å². The van der Waals surface area contributed by atoms with Gasteiger partial charge in [0.25, 0.3) is 0 Å². The molecule has 0 saturated heterocycles. The van der Waals surface area contributed by atoms with Crippen LogP contribution in [0.25, 0.3) is 0 Å². The normalized spacial score (nSPS) is 11.7. The van der Waals surface area contributed by atoms with E-state index in [1.165, 1.54) is 0 Å². The summed E-state index contributed by atoms with van der Waals surface area (Å²) in [6.45, 7) is 5.67. The summed E-state index contributed by atoms with van der Waals surface area (Å²) < 4.78 is 0. The monoisotopic (exact) mass is 287 g/mol. The third-order valence-electron chi connectivity index (χ3n) is 3.46. The number of rotatable bonds is 9. The fourth-order valence-corrected chi connectivity index (χ4v) is 2.65. The van der Waals surface area contributed by atoms with Crippen molar-refractivity contribution in [2.75, 3.05) is 34.2 Å².